The Balaban J connectivity index is 1.98. The van der Waals surface area contributed by atoms with Gasteiger partial charge in [-0.05, 0) is 42.0 Å². The molecule has 2 aromatic rings. The number of rotatable bonds is 7. The fraction of sp³-hybridized carbons (Fsp3) is 0.235. The van der Waals surface area contributed by atoms with Gasteiger partial charge in [-0.25, -0.2) is 0 Å². The van der Waals surface area contributed by atoms with Crippen molar-refractivity contribution in [2.75, 3.05) is 19.5 Å². The zero-order valence-electron chi connectivity index (χ0n) is 13.2. The Morgan fingerprint density at radius 2 is 1.75 bits per heavy atom. The molecule has 0 aliphatic rings. The highest BCUT2D eigenvalue weighted by atomic mass is 32.2. The third kappa shape index (κ3) is 5.13. The van der Waals surface area contributed by atoms with E-state index in [9.17, 15) is 13.6 Å². The van der Waals surface area contributed by atoms with E-state index in [0.717, 1.165) is 5.56 Å². The number of anilines is 1. The van der Waals surface area contributed by atoms with Gasteiger partial charge >= 0.3 is 0 Å². The number of carbonyl (C=O) groups is 1. The van der Waals surface area contributed by atoms with Gasteiger partial charge < -0.3 is 14.8 Å². The van der Waals surface area contributed by atoms with Crippen molar-refractivity contribution in [2.24, 2.45) is 0 Å². The van der Waals surface area contributed by atoms with E-state index < -0.39 is 5.76 Å². The van der Waals surface area contributed by atoms with Crippen molar-refractivity contribution in [3.05, 3.63) is 48.0 Å². The number of methoxy groups -OCH3 is 2. The van der Waals surface area contributed by atoms with E-state index in [-0.39, 0.29) is 12.3 Å². The summed E-state index contributed by atoms with van der Waals surface area (Å²) in [6.45, 7) is 0. The maximum Gasteiger partial charge on any atom is 0.288 e. The smallest absolute Gasteiger partial charge is 0.288 e. The number of alkyl halides is 2. The fourth-order valence-corrected chi connectivity index (χ4v) is 2.60. The molecule has 7 heteroatoms. The van der Waals surface area contributed by atoms with Gasteiger partial charge in [0.2, 0.25) is 5.91 Å². The van der Waals surface area contributed by atoms with E-state index in [1.54, 1.807) is 49.6 Å². The molecule has 128 valence electrons. The summed E-state index contributed by atoms with van der Waals surface area (Å²) >= 11 is 0.464. The molecule has 0 aromatic heterocycles. The van der Waals surface area contributed by atoms with Crippen molar-refractivity contribution >= 4 is 23.4 Å². The summed E-state index contributed by atoms with van der Waals surface area (Å²) < 4.78 is 34.9. The first-order chi connectivity index (χ1) is 11.5. The summed E-state index contributed by atoms with van der Waals surface area (Å²) in [5, 5.41) is 2.73. The molecular weight excluding hydrogens is 336 g/mol. The van der Waals surface area contributed by atoms with Crippen LogP contribution in [0.2, 0.25) is 0 Å². The number of hydrogen-bond acceptors (Lipinski definition) is 4. The molecule has 0 saturated carbocycles. The monoisotopic (exact) mass is 353 g/mol. The van der Waals surface area contributed by atoms with Gasteiger partial charge in [0.1, 0.15) is 0 Å². The van der Waals surface area contributed by atoms with Crippen LogP contribution in [0.3, 0.4) is 0 Å². The van der Waals surface area contributed by atoms with Crippen molar-refractivity contribution in [2.45, 2.75) is 17.1 Å². The average Bonchev–Trinajstić information content (AvgIpc) is 2.56. The molecule has 2 aromatic carbocycles. The van der Waals surface area contributed by atoms with Gasteiger partial charge in [-0.1, -0.05) is 17.8 Å². The first-order valence-electron chi connectivity index (χ1n) is 7.07. The Morgan fingerprint density at radius 3 is 2.33 bits per heavy atom. The van der Waals surface area contributed by atoms with E-state index in [1.807, 2.05) is 0 Å². The Labute approximate surface area is 143 Å². The van der Waals surface area contributed by atoms with Gasteiger partial charge in [-0.15, -0.1) is 0 Å². The van der Waals surface area contributed by atoms with Crippen LogP contribution in [0, 0.1) is 0 Å². The van der Waals surface area contributed by atoms with E-state index in [0.29, 0.717) is 33.8 Å². The van der Waals surface area contributed by atoms with Crippen molar-refractivity contribution in [3.8, 4) is 11.5 Å². The van der Waals surface area contributed by atoms with Crippen LogP contribution < -0.4 is 14.8 Å². The first kappa shape index (κ1) is 18.1. The molecule has 0 atom stereocenters. The lowest BCUT2D eigenvalue weighted by Gasteiger charge is -2.10. The predicted molar refractivity (Wildman–Crippen MR) is 90.2 cm³/mol. The zero-order valence-corrected chi connectivity index (χ0v) is 14.0. The number of benzene rings is 2. The third-order valence-electron chi connectivity index (χ3n) is 3.18. The molecule has 0 aliphatic carbocycles. The quantitative estimate of drug-likeness (QED) is 0.758. The van der Waals surface area contributed by atoms with E-state index in [2.05, 4.69) is 5.32 Å². The van der Waals surface area contributed by atoms with Crippen LogP contribution in [0.15, 0.2) is 47.4 Å². The van der Waals surface area contributed by atoms with Gasteiger partial charge in [0, 0.05) is 10.6 Å². The Morgan fingerprint density at radius 1 is 1.08 bits per heavy atom. The average molecular weight is 353 g/mol. The molecule has 2 rings (SSSR count). The Hall–Kier alpha value is -2.28. The van der Waals surface area contributed by atoms with Crippen molar-refractivity contribution in [1.29, 1.82) is 0 Å². The predicted octanol–water partition coefficient (Wildman–Crippen LogP) is 4.20. The maximum absolute atomic E-state index is 12.3. The van der Waals surface area contributed by atoms with Gasteiger partial charge in [0.25, 0.3) is 5.76 Å². The summed E-state index contributed by atoms with van der Waals surface area (Å²) in [4.78, 5) is 12.5. The van der Waals surface area contributed by atoms with Crippen LogP contribution in [0.1, 0.15) is 5.56 Å². The lowest BCUT2D eigenvalue weighted by molar-refractivity contribution is -0.115. The topological polar surface area (TPSA) is 47.6 Å². The summed E-state index contributed by atoms with van der Waals surface area (Å²) in [6, 6.07) is 11.5. The second-order valence-corrected chi connectivity index (χ2v) is 5.88. The number of amides is 1. The molecule has 0 spiro atoms. The maximum atomic E-state index is 12.3. The second-order valence-electron chi connectivity index (χ2n) is 4.82. The zero-order chi connectivity index (χ0) is 17.5. The summed E-state index contributed by atoms with van der Waals surface area (Å²) in [5.74, 6) is -1.53. The number of hydrogen-bond donors (Lipinski definition) is 1. The first-order valence-corrected chi connectivity index (χ1v) is 7.95. The summed E-state index contributed by atoms with van der Waals surface area (Å²) in [5.41, 5.74) is 1.33. The van der Waals surface area contributed by atoms with E-state index in [1.165, 1.54) is 7.11 Å². The van der Waals surface area contributed by atoms with Crippen LogP contribution in [0.25, 0.3) is 0 Å². The van der Waals surface area contributed by atoms with Crippen LogP contribution >= 0.6 is 11.8 Å². The number of nitrogens with one attached hydrogen (secondary N) is 1. The van der Waals surface area contributed by atoms with Gasteiger partial charge in [0.05, 0.1) is 20.6 Å². The summed E-state index contributed by atoms with van der Waals surface area (Å²) in [6.07, 6.45) is 0.161. The third-order valence-corrected chi connectivity index (χ3v) is 3.90. The molecule has 1 amide bonds. The normalized spacial score (nSPS) is 10.5. The highest BCUT2D eigenvalue weighted by Crippen LogP contribution is 2.28. The number of carbonyl (C=O) groups excluding carboxylic acids is 1. The molecular formula is C17H17F2NO3S. The largest absolute Gasteiger partial charge is 0.493 e. The molecule has 0 aliphatic heterocycles. The number of halogens is 2. The molecule has 0 bridgehead atoms. The molecule has 0 radical (unpaired) electrons. The molecule has 4 nitrogen and oxygen atoms in total. The van der Waals surface area contributed by atoms with E-state index in [4.69, 9.17) is 9.47 Å². The standard InChI is InChI=1S/C17H17F2NO3S/c1-22-14-8-3-11(9-15(14)23-2)10-16(21)20-12-4-6-13(7-5-12)24-17(18)19/h3-9,17H,10H2,1-2H3,(H,20,21). The molecule has 0 heterocycles. The van der Waals surface area contributed by atoms with Crippen LogP contribution in [0.5, 0.6) is 11.5 Å². The fourth-order valence-electron chi connectivity index (χ4n) is 2.10. The molecule has 0 fully saturated rings. The van der Waals surface area contributed by atoms with Crippen LogP contribution in [-0.4, -0.2) is 25.9 Å². The minimum absolute atomic E-state index is 0.161. The number of ether oxygens (including phenoxy) is 2. The minimum atomic E-state index is -2.46. The van der Waals surface area contributed by atoms with E-state index >= 15 is 0 Å². The SMILES string of the molecule is COc1ccc(CC(=O)Nc2ccc(SC(F)F)cc2)cc1OC. The van der Waals surface area contributed by atoms with Gasteiger partial charge in [-0.3, -0.25) is 4.79 Å². The summed E-state index contributed by atoms with van der Waals surface area (Å²) in [7, 11) is 3.07. The highest BCUT2D eigenvalue weighted by Gasteiger charge is 2.09. The molecule has 1 N–H and O–H groups in total. The lowest BCUT2D eigenvalue weighted by atomic mass is 10.1. The Bertz CT molecular complexity index is 693. The lowest BCUT2D eigenvalue weighted by Crippen LogP contribution is -2.14. The van der Waals surface area contributed by atoms with Crippen LogP contribution in [0.4, 0.5) is 14.5 Å². The Kier molecular flexibility index (Phi) is 6.43. The van der Waals surface area contributed by atoms with Crippen LogP contribution in [-0.2, 0) is 11.2 Å². The molecule has 24 heavy (non-hydrogen) atoms. The minimum Gasteiger partial charge on any atom is -0.493 e. The molecule has 0 unspecified atom stereocenters. The second kappa shape index (κ2) is 8.54. The highest BCUT2D eigenvalue weighted by molar-refractivity contribution is 7.99. The van der Waals surface area contributed by atoms with Crippen molar-refractivity contribution < 1.29 is 23.0 Å². The number of thioether (sulfide) groups is 1. The molecule has 0 saturated heterocycles. The van der Waals surface area contributed by atoms with Gasteiger partial charge in [-0.2, -0.15) is 8.78 Å². The van der Waals surface area contributed by atoms with Crippen molar-refractivity contribution in [3.63, 3.8) is 0 Å². The van der Waals surface area contributed by atoms with Crippen molar-refractivity contribution in [1.82, 2.24) is 0 Å². The van der Waals surface area contributed by atoms with Gasteiger partial charge in [0.15, 0.2) is 11.5 Å².